The molecule has 0 radical (unpaired) electrons. The zero-order valence-corrected chi connectivity index (χ0v) is 16.3. The third kappa shape index (κ3) is 7.35. The van der Waals surface area contributed by atoms with E-state index in [1.54, 1.807) is 0 Å². The second-order valence-corrected chi connectivity index (χ2v) is 7.43. The second-order valence-electron chi connectivity index (χ2n) is 5.71. The van der Waals surface area contributed by atoms with Gasteiger partial charge in [-0.1, -0.05) is 0 Å². The van der Waals surface area contributed by atoms with Gasteiger partial charge in [-0.15, -0.1) is 11.3 Å². The van der Waals surface area contributed by atoms with Crippen LogP contribution in [0.25, 0.3) is 0 Å². The summed E-state index contributed by atoms with van der Waals surface area (Å²) in [7, 11) is 0. The highest BCUT2D eigenvalue weighted by Crippen LogP contribution is 2.20. The standard InChI is InChI=1S/C16H24N2O5S2/c1-10-14(7-9-23-12(3)20)25-16(24)18(10)8-5-4-6-13(15(21)22)17-11(2)19/h13H,4-9H2,1-3H3,(H,17,19)(H,21,22)/t13-/m0/s1. The maximum absolute atomic E-state index is 11.1. The summed E-state index contributed by atoms with van der Waals surface area (Å²) in [5.74, 6) is -1.67. The first-order valence-corrected chi connectivity index (χ1v) is 9.27. The van der Waals surface area contributed by atoms with E-state index in [9.17, 15) is 14.4 Å². The number of hydrogen-bond acceptors (Lipinski definition) is 6. The molecule has 2 N–H and O–H groups in total. The normalized spacial score (nSPS) is 11.8. The van der Waals surface area contributed by atoms with Crippen LogP contribution in [0.1, 0.15) is 43.7 Å². The lowest BCUT2D eigenvalue weighted by Crippen LogP contribution is -2.39. The van der Waals surface area contributed by atoms with Crippen LogP contribution in [0, 0.1) is 10.9 Å². The number of unbranched alkanes of at least 4 members (excludes halogenated alkanes) is 1. The van der Waals surface area contributed by atoms with Gasteiger partial charge in [0.1, 0.15) is 6.04 Å². The minimum atomic E-state index is -1.02. The van der Waals surface area contributed by atoms with Gasteiger partial charge in [-0.3, -0.25) is 9.59 Å². The van der Waals surface area contributed by atoms with E-state index in [1.165, 1.54) is 25.2 Å². The molecular weight excluding hydrogens is 364 g/mol. The summed E-state index contributed by atoms with van der Waals surface area (Å²) in [4.78, 5) is 34.0. The van der Waals surface area contributed by atoms with Crippen molar-refractivity contribution < 1.29 is 24.2 Å². The zero-order chi connectivity index (χ0) is 19.0. The van der Waals surface area contributed by atoms with Crippen molar-refractivity contribution in [2.24, 2.45) is 0 Å². The second kappa shape index (κ2) is 10.3. The molecule has 140 valence electrons. The highest BCUT2D eigenvalue weighted by molar-refractivity contribution is 7.73. The first-order chi connectivity index (χ1) is 11.7. The molecule has 1 aromatic rings. The Kier molecular flexibility index (Phi) is 8.77. The average Bonchev–Trinajstić information content (AvgIpc) is 2.76. The van der Waals surface area contributed by atoms with Crippen molar-refractivity contribution in [2.45, 2.75) is 59.0 Å². The number of nitrogens with one attached hydrogen (secondary N) is 1. The molecule has 1 aromatic heterocycles. The van der Waals surface area contributed by atoms with E-state index in [4.69, 9.17) is 22.1 Å². The number of hydrogen-bond donors (Lipinski definition) is 2. The molecule has 1 atom stereocenters. The highest BCUT2D eigenvalue weighted by Gasteiger charge is 2.17. The molecule has 1 rings (SSSR count). The Bertz CT molecular complexity index is 681. The van der Waals surface area contributed by atoms with Crippen LogP contribution in [0.5, 0.6) is 0 Å². The Balaban J connectivity index is 2.53. The lowest BCUT2D eigenvalue weighted by molar-refractivity contribution is -0.142. The summed E-state index contributed by atoms with van der Waals surface area (Å²) in [6, 6.07) is -0.853. The summed E-state index contributed by atoms with van der Waals surface area (Å²) in [6.45, 7) is 5.70. The van der Waals surface area contributed by atoms with Gasteiger partial charge in [0.25, 0.3) is 0 Å². The summed E-state index contributed by atoms with van der Waals surface area (Å²) >= 11 is 6.89. The van der Waals surface area contributed by atoms with Gasteiger partial charge in [0, 0.05) is 37.4 Å². The molecular formula is C16H24N2O5S2. The Morgan fingerprint density at radius 2 is 2.00 bits per heavy atom. The fourth-order valence-corrected chi connectivity index (χ4v) is 3.94. The largest absolute Gasteiger partial charge is 0.480 e. The number of carboxylic acid groups (broad SMARTS) is 1. The first-order valence-electron chi connectivity index (χ1n) is 8.04. The molecule has 25 heavy (non-hydrogen) atoms. The Labute approximate surface area is 156 Å². The van der Waals surface area contributed by atoms with Crippen molar-refractivity contribution in [1.82, 2.24) is 9.88 Å². The van der Waals surface area contributed by atoms with Gasteiger partial charge in [-0.2, -0.15) is 0 Å². The number of ether oxygens (including phenoxy) is 1. The molecule has 1 amide bonds. The topological polar surface area (TPSA) is 97.6 Å². The van der Waals surface area contributed by atoms with E-state index >= 15 is 0 Å². The molecule has 0 saturated heterocycles. The minimum Gasteiger partial charge on any atom is -0.480 e. The van der Waals surface area contributed by atoms with Crippen molar-refractivity contribution in [3.8, 4) is 0 Å². The molecule has 0 fully saturated rings. The van der Waals surface area contributed by atoms with Crippen LogP contribution in [0.2, 0.25) is 0 Å². The van der Waals surface area contributed by atoms with Gasteiger partial charge in [0.2, 0.25) is 5.91 Å². The van der Waals surface area contributed by atoms with Gasteiger partial charge in [-0.25, -0.2) is 4.79 Å². The monoisotopic (exact) mass is 388 g/mol. The number of carboxylic acids is 1. The van der Waals surface area contributed by atoms with Crippen LogP contribution >= 0.6 is 23.6 Å². The number of rotatable bonds is 10. The van der Waals surface area contributed by atoms with E-state index in [0.717, 1.165) is 20.9 Å². The van der Waals surface area contributed by atoms with E-state index in [2.05, 4.69) is 5.32 Å². The third-order valence-electron chi connectivity index (χ3n) is 3.67. The number of amides is 1. The predicted octanol–water partition coefficient (Wildman–Crippen LogP) is 2.45. The van der Waals surface area contributed by atoms with E-state index < -0.39 is 12.0 Å². The number of nitrogens with zero attached hydrogens (tertiary/aromatic N) is 1. The fourth-order valence-electron chi connectivity index (χ4n) is 2.42. The number of aromatic nitrogens is 1. The Morgan fingerprint density at radius 3 is 2.56 bits per heavy atom. The number of thiazole rings is 1. The maximum atomic E-state index is 11.1. The Morgan fingerprint density at radius 1 is 1.32 bits per heavy atom. The molecule has 0 aliphatic carbocycles. The van der Waals surface area contributed by atoms with Crippen LogP contribution in [0.15, 0.2) is 0 Å². The van der Waals surface area contributed by atoms with Crippen molar-refractivity contribution in [2.75, 3.05) is 6.61 Å². The van der Waals surface area contributed by atoms with Gasteiger partial charge < -0.3 is 19.7 Å². The van der Waals surface area contributed by atoms with Gasteiger partial charge in [-0.05, 0) is 38.4 Å². The molecule has 0 saturated carbocycles. The smallest absolute Gasteiger partial charge is 0.326 e. The lowest BCUT2D eigenvalue weighted by atomic mass is 10.1. The van der Waals surface area contributed by atoms with E-state index in [-0.39, 0.29) is 11.9 Å². The van der Waals surface area contributed by atoms with Gasteiger partial charge >= 0.3 is 11.9 Å². The first kappa shape index (κ1) is 21.3. The molecule has 0 spiro atoms. The van der Waals surface area contributed by atoms with Crippen molar-refractivity contribution in [1.29, 1.82) is 0 Å². The average molecular weight is 389 g/mol. The quantitative estimate of drug-likeness (QED) is 0.363. The number of esters is 1. The van der Waals surface area contributed by atoms with Crippen molar-refractivity contribution >= 4 is 41.4 Å². The molecule has 0 aliphatic heterocycles. The van der Waals surface area contributed by atoms with Gasteiger partial charge in [0.05, 0.1) is 6.61 Å². The number of aliphatic carboxylic acids is 1. The predicted molar refractivity (Wildman–Crippen MR) is 97.3 cm³/mol. The third-order valence-corrected chi connectivity index (χ3v) is 5.29. The fraction of sp³-hybridized carbons (Fsp3) is 0.625. The van der Waals surface area contributed by atoms with Crippen LogP contribution in [-0.2, 0) is 32.1 Å². The molecule has 0 unspecified atom stereocenters. The summed E-state index contributed by atoms with van der Waals surface area (Å²) in [5, 5.41) is 11.5. The number of carbonyl (C=O) groups excluding carboxylic acids is 2. The van der Waals surface area contributed by atoms with Crippen LogP contribution < -0.4 is 5.32 Å². The lowest BCUT2D eigenvalue weighted by Gasteiger charge is -2.13. The van der Waals surface area contributed by atoms with E-state index in [1.807, 2.05) is 11.5 Å². The minimum absolute atomic E-state index is 0.298. The summed E-state index contributed by atoms with van der Waals surface area (Å²) in [6.07, 6.45) is 2.44. The molecule has 0 bridgehead atoms. The van der Waals surface area contributed by atoms with Crippen LogP contribution in [-0.4, -0.2) is 40.2 Å². The van der Waals surface area contributed by atoms with Crippen LogP contribution in [0.4, 0.5) is 0 Å². The Hall–Kier alpha value is -1.74. The molecule has 0 aromatic carbocycles. The van der Waals surface area contributed by atoms with Crippen LogP contribution in [0.3, 0.4) is 0 Å². The zero-order valence-electron chi connectivity index (χ0n) is 14.7. The highest BCUT2D eigenvalue weighted by atomic mass is 32.1. The van der Waals surface area contributed by atoms with Gasteiger partial charge in [0.15, 0.2) is 3.95 Å². The maximum Gasteiger partial charge on any atom is 0.326 e. The molecule has 1 heterocycles. The molecule has 9 heteroatoms. The number of carbonyl (C=O) groups is 3. The SMILES string of the molecule is CC(=O)N[C@@H](CCCCn1c(C)c(CCOC(C)=O)sc1=S)C(=O)O. The summed E-state index contributed by atoms with van der Waals surface area (Å²) in [5.41, 5.74) is 1.05. The van der Waals surface area contributed by atoms with Crippen molar-refractivity contribution in [3.05, 3.63) is 14.5 Å². The van der Waals surface area contributed by atoms with E-state index in [0.29, 0.717) is 32.4 Å². The molecule has 7 nitrogen and oxygen atoms in total. The summed E-state index contributed by atoms with van der Waals surface area (Å²) < 4.78 is 7.74. The molecule has 0 aliphatic rings. The van der Waals surface area contributed by atoms with Crippen molar-refractivity contribution in [3.63, 3.8) is 0 Å².